The van der Waals surface area contributed by atoms with Crippen molar-refractivity contribution in [3.63, 3.8) is 0 Å². The van der Waals surface area contributed by atoms with Gasteiger partial charge in [-0.2, -0.15) is 0 Å². The molecule has 0 saturated heterocycles. The molecule has 4 rings (SSSR count). The molecule has 0 atom stereocenters. The van der Waals surface area contributed by atoms with Gasteiger partial charge in [-0.05, 0) is 62.2 Å². The second-order valence-electron chi connectivity index (χ2n) is 7.33. The molecule has 0 spiro atoms. The van der Waals surface area contributed by atoms with E-state index in [1.165, 1.54) is 12.1 Å². The first-order valence-corrected chi connectivity index (χ1v) is 9.39. The molecule has 7 nitrogen and oxygen atoms in total. The highest BCUT2D eigenvalue weighted by Crippen LogP contribution is 2.32. The third-order valence-corrected chi connectivity index (χ3v) is 5.33. The van der Waals surface area contributed by atoms with Crippen LogP contribution in [0.5, 0.6) is 0 Å². The Balaban J connectivity index is 1.69. The fourth-order valence-corrected chi connectivity index (χ4v) is 3.61. The van der Waals surface area contributed by atoms with Crippen molar-refractivity contribution in [1.29, 1.82) is 0 Å². The Hall–Kier alpha value is -3.87. The molecule has 2 aromatic carbocycles. The second kappa shape index (κ2) is 7.18. The maximum Gasteiger partial charge on any atom is 0.340 e. The normalized spacial score (nSPS) is 11.2. The summed E-state index contributed by atoms with van der Waals surface area (Å²) >= 11 is 0. The summed E-state index contributed by atoms with van der Waals surface area (Å²) in [6.07, 6.45) is 1.53. The maximum atomic E-state index is 12.6. The number of furan rings is 1. The molecule has 7 heteroatoms. The maximum absolute atomic E-state index is 12.6. The van der Waals surface area contributed by atoms with Gasteiger partial charge in [-0.25, -0.2) is 4.79 Å². The third-order valence-electron chi connectivity index (χ3n) is 5.33. The number of primary amides is 1. The molecule has 4 aromatic rings. The number of rotatable bonds is 4. The summed E-state index contributed by atoms with van der Waals surface area (Å²) in [6, 6.07) is 8.13. The minimum Gasteiger partial charge on any atom is -0.464 e. The van der Waals surface area contributed by atoms with Gasteiger partial charge in [0, 0.05) is 27.6 Å². The molecule has 0 fully saturated rings. The molecule has 0 aliphatic heterocycles. The van der Waals surface area contributed by atoms with E-state index in [1.807, 2.05) is 26.8 Å². The van der Waals surface area contributed by atoms with Crippen LogP contribution in [-0.4, -0.2) is 11.8 Å². The van der Waals surface area contributed by atoms with E-state index in [4.69, 9.17) is 14.6 Å². The number of hydrogen-bond acceptors (Lipinski definition) is 5. The Morgan fingerprint density at radius 1 is 1.00 bits per heavy atom. The Bertz CT molecular complexity index is 1380. The van der Waals surface area contributed by atoms with Crippen LogP contribution in [0.3, 0.4) is 0 Å². The van der Waals surface area contributed by atoms with E-state index >= 15 is 0 Å². The first-order valence-electron chi connectivity index (χ1n) is 9.39. The molecule has 0 unspecified atom stereocenters. The van der Waals surface area contributed by atoms with Gasteiger partial charge in [0.15, 0.2) is 0 Å². The molecule has 2 aromatic heterocycles. The van der Waals surface area contributed by atoms with Gasteiger partial charge in [0.05, 0.1) is 18.2 Å². The van der Waals surface area contributed by atoms with Gasteiger partial charge >= 0.3 is 5.63 Å². The number of benzene rings is 2. The summed E-state index contributed by atoms with van der Waals surface area (Å²) in [4.78, 5) is 36.3. The van der Waals surface area contributed by atoms with Gasteiger partial charge in [-0.3, -0.25) is 9.59 Å². The predicted octanol–water partition coefficient (Wildman–Crippen LogP) is 3.74. The molecule has 152 valence electrons. The van der Waals surface area contributed by atoms with E-state index in [1.54, 1.807) is 18.4 Å². The Kier molecular flexibility index (Phi) is 4.66. The number of amides is 2. The first-order chi connectivity index (χ1) is 14.3. The van der Waals surface area contributed by atoms with Gasteiger partial charge in [0.25, 0.3) is 0 Å². The first kappa shape index (κ1) is 19.4. The van der Waals surface area contributed by atoms with Crippen LogP contribution in [0.2, 0.25) is 0 Å². The van der Waals surface area contributed by atoms with Crippen molar-refractivity contribution in [1.82, 2.24) is 0 Å². The molecule has 0 aliphatic rings. The highest BCUT2D eigenvalue weighted by molar-refractivity contribution is 6.00. The van der Waals surface area contributed by atoms with E-state index in [0.29, 0.717) is 33.5 Å². The van der Waals surface area contributed by atoms with Gasteiger partial charge in [-0.1, -0.05) is 0 Å². The van der Waals surface area contributed by atoms with Gasteiger partial charge in [0.1, 0.15) is 11.2 Å². The highest BCUT2D eigenvalue weighted by Gasteiger charge is 2.19. The molecular formula is C23H20N2O5. The minimum absolute atomic E-state index is 0.136. The van der Waals surface area contributed by atoms with Crippen LogP contribution in [-0.2, 0) is 11.2 Å². The van der Waals surface area contributed by atoms with Crippen molar-refractivity contribution in [2.45, 2.75) is 27.2 Å². The van der Waals surface area contributed by atoms with E-state index in [0.717, 1.165) is 21.9 Å². The zero-order valence-electron chi connectivity index (χ0n) is 16.8. The summed E-state index contributed by atoms with van der Waals surface area (Å²) in [7, 11) is 0. The van der Waals surface area contributed by atoms with E-state index in [-0.39, 0.29) is 12.3 Å². The lowest BCUT2D eigenvalue weighted by molar-refractivity contribution is -0.115. The van der Waals surface area contributed by atoms with Crippen LogP contribution in [0.15, 0.2) is 50.2 Å². The third kappa shape index (κ3) is 3.24. The summed E-state index contributed by atoms with van der Waals surface area (Å²) in [6.45, 7) is 5.60. The zero-order valence-corrected chi connectivity index (χ0v) is 16.8. The number of carbonyl (C=O) groups is 2. The van der Waals surface area contributed by atoms with Crippen LogP contribution in [0.25, 0.3) is 21.9 Å². The quantitative estimate of drug-likeness (QED) is 0.503. The number of anilines is 1. The standard InChI is InChI=1S/C23H20N2O5/c1-11-10-29-20-13(3)21-17(8-16(11)20)12(2)18(23(28)30-21)9-19(26)25-15-6-4-14(5-7-15)22(24)27/h4-8,10H,9H2,1-3H3,(H2,24,27)(H,25,26). The number of carbonyl (C=O) groups excluding carboxylic acids is 2. The molecular weight excluding hydrogens is 384 g/mol. The number of nitrogens with two attached hydrogens (primary N) is 1. The lowest BCUT2D eigenvalue weighted by Gasteiger charge is -2.10. The van der Waals surface area contributed by atoms with Crippen molar-refractivity contribution < 1.29 is 18.4 Å². The summed E-state index contributed by atoms with van der Waals surface area (Å²) < 4.78 is 11.2. The topological polar surface area (TPSA) is 116 Å². The number of aryl methyl sites for hydroxylation is 3. The average molecular weight is 404 g/mol. The Morgan fingerprint density at radius 2 is 1.70 bits per heavy atom. The number of nitrogens with one attached hydrogen (secondary N) is 1. The lowest BCUT2D eigenvalue weighted by atomic mass is 9.99. The molecule has 0 radical (unpaired) electrons. The fraction of sp³-hybridized carbons (Fsp3) is 0.174. The van der Waals surface area contributed by atoms with Crippen molar-refractivity contribution in [3.8, 4) is 0 Å². The number of fused-ring (bicyclic) bond motifs is 2. The van der Waals surface area contributed by atoms with E-state index in [2.05, 4.69) is 5.32 Å². The smallest absolute Gasteiger partial charge is 0.340 e. The van der Waals surface area contributed by atoms with Crippen molar-refractivity contribution in [2.75, 3.05) is 5.32 Å². The number of hydrogen-bond donors (Lipinski definition) is 2. The van der Waals surface area contributed by atoms with Gasteiger partial charge in [-0.15, -0.1) is 0 Å². The summed E-state index contributed by atoms with van der Waals surface area (Å²) in [5.41, 5.74) is 9.39. The fourth-order valence-electron chi connectivity index (χ4n) is 3.61. The molecule has 0 saturated carbocycles. The van der Waals surface area contributed by atoms with Crippen molar-refractivity contribution in [2.24, 2.45) is 5.73 Å². The second-order valence-corrected chi connectivity index (χ2v) is 7.33. The summed E-state index contributed by atoms with van der Waals surface area (Å²) in [5, 5.41) is 4.44. The van der Waals surface area contributed by atoms with Crippen molar-refractivity contribution in [3.05, 3.63) is 74.8 Å². The van der Waals surface area contributed by atoms with Crippen LogP contribution in [0, 0.1) is 20.8 Å². The molecule has 3 N–H and O–H groups in total. The van der Waals surface area contributed by atoms with Crippen LogP contribution in [0.4, 0.5) is 5.69 Å². The monoisotopic (exact) mass is 404 g/mol. The predicted molar refractivity (Wildman–Crippen MR) is 114 cm³/mol. The van der Waals surface area contributed by atoms with Gasteiger partial charge in [0.2, 0.25) is 11.8 Å². The van der Waals surface area contributed by atoms with Crippen LogP contribution in [0.1, 0.15) is 32.6 Å². The molecule has 2 amide bonds. The van der Waals surface area contributed by atoms with E-state index in [9.17, 15) is 14.4 Å². The SMILES string of the molecule is Cc1coc2c(C)c3oc(=O)c(CC(=O)Nc4ccc(C(N)=O)cc4)c(C)c3cc12. The molecule has 0 bridgehead atoms. The largest absolute Gasteiger partial charge is 0.464 e. The zero-order chi connectivity index (χ0) is 21.6. The van der Waals surface area contributed by atoms with Crippen LogP contribution >= 0.6 is 0 Å². The molecule has 0 aliphatic carbocycles. The Morgan fingerprint density at radius 3 is 2.37 bits per heavy atom. The van der Waals surface area contributed by atoms with E-state index < -0.39 is 11.5 Å². The van der Waals surface area contributed by atoms with Crippen LogP contribution < -0.4 is 16.7 Å². The summed E-state index contributed by atoms with van der Waals surface area (Å²) in [5.74, 6) is -0.914. The minimum atomic E-state index is -0.551. The molecule has 30 heavy (non-hydrogen) atoms. The van der Waals surface area contributed by atoms with Gasteiger partial charge < -0.3 is 19.9 Å². The lowest BCUT2D eigenvalue weighted by Crippen LogP contribution is -2.21. The van der Waals surface area contributed by atoms with Crippen molar-refractivity contribution >= 4 is 39.4 Å². The molecule has 2 heterocycles. The average Bonchev–Trinajstić information content (AvgIpc) is 3.08. The highest BCUT2D eigenvalue weighted by atomic mass is 16.4. The Labute approximate surface area is 171 Å².